The first-order valence-electron chi connectivity index (χ1n) is 4.25. The number of rotatable bonds is 4. The SMILES string of the molecule is CCN(C)C(=O)NCC(C)(O)CO. The Kier molecular flexibility index (Phi) is 4.72. The summed E-state index contributed by atoms with van der Waals surface area (Å²) < 4.78 is 0. The number of amides is 2. The highest BCUT2D eigenvalue weighted by molar-refractivity contribution is 5.73. The zero-order valence-electron chi connectivity index (χ0n) is 8.37. The quantitative estimate of drug-likeness (QED) is 0.554. The Morgan fingerprint density at radius 2 is 2.15 bits per heavy atom. The van der Waals surface area contributed by atoms with Gasteiger partial charge in [0.25, 0.3) is 0 Å². The van der Waals surface area contributed by atoms with E-state index in [1.807, 2.05) is 6.92 Å². The van der Waals surface area contributed by atoms with Gasteiger partial charge in [-0.2, -0.15) is 0 Å². The maximum atomic E-state index is 11.2. The van der Waals surface area contributed by atoms with Crippen molar-refractivity contribution in [3.63, 3.8) is 0 Å². The molecule has 0 aromatic rings. The zero-order chi connectivity index (χ0) is 10.5. The van der Waals surface area contributed by atoms with E-state index in [4.69, 9.17) is 5.11 Å². The Bertz CT molecular complexity index is 171. The van der Waals surface area contributed by atoms with Crippen molar-refractivity contribution in [1.29, 1.82) is 0 Å². The largest absolute Gasteiger partial charge is 0.393 e. The van der Waals surface area contributed by atoms with Gasteiger partial charge in [-0.05, 0) is 13.8 Å². The monoisotopic (exact) mass is 190 g/mol. The number of urea groups is 1. The lowest BCUT2D eigenvalue weighted by Crippen LogP contribution is -2.47. The molecule has 0 rings (SSSR count). The van der Waals surface area contributed by atoms with E-state index in [1.54, 1.807) is 7.05 Å². The van der Waals surface area contributed by atoms with Gasteiger partial charge >= 0.3 is 6.03 Å². The van der Waals surface area contributed by atoms with Crippen molar-refractivity contribution in [2.24, 2.45) is 0 Å². The molecule has 5 heteroatoms. The summed E-state index contributed by atoms with van der Waals surface area (Å²) in [5, 5.41) is 20.5. The lowest BCUT2D eigenvalue weighted by Gasteiger charge is -2.23. The second-order valence-electron chi connectivity index (χ2n) is 3.33. The molecule has 0 saturated heterocycles. The Labute approximate surface area is 78.4 Å². The van der Waals surface area contributed by atoms with Crippen LogP contribution in [0.1, 0.15) is 13.8 Å². The summed E-state index contributed by atoms with van der Waals surface area (Å²) in [5.41, 5.74) is -1.25. The Morgan fingerprint density at radius 3 is 2.54 bits per heavy atom. The van der Waals surface area contributed by atoms with Crippen LogP contribution >= 0.6 is 0 Å². The van der Waals surface area contributed by atoms with E-state index in [-0.39, 0.29) is 19.2 Å². The van der Waals surface area contributed by atoms with E-state index in [1.165, 1.54) is 11.8 Å². The van der Waals surface area contributed by atoms with E-state index in [2.05, 4.69) is 5.32 Å². The van der Waals surface area contributed by atoms with Crippen LogP contribution in [0, 0.1) is 0 Å². The van der Waals surface area contributed by atoms with Crippen LogP contribution in [0.4, 0.5) is 4.79 Å². The lowest BCUT2D eigenvalue weighted by atomic mass is 10.1. The van der Waals surface area contributed by atoms with Crippen LogP contribution < -0.4 is 5.32 Å². The average Bonchev–Trinajstić information content (AvgIpc) is 2.13. The fraction of sp³-hybridized carbons (Fsp3) is 0.875. The first-order chi connectivity index (χ1) is 5.93. The summed E-state index contributed by atoms with van der Waals surface area (Å²) in [6, 6.07) is -0.253. The molecule has 0 fully saturated rings. The van der Waals surface area contributed by atoms with Crippen molar-refractivity contribution < 1.29 is 15.0 Å². The van der Waals surface area contributed by atoms with Gasteiger partial charge in [-0.1, -0.05) is 0 Å². The first-order valence-corrected chi connectivity index (χ1v) is 4.25. The highest BCUT2D eigenvalue weighted by Gasteiger charge is 2.20. The third-order valence-corrected chi connectivity index (χ3v) is 1.78. The highest BCUT2D eigenvalue weighted by atomic mass is 16.3. The van der Waals surface area contributed by atoms with Gasteiger partial charge in [0.05, 0.1) is 13.2 Å². The fourth-order valence-electron chi connectivity index (χ4n) is 0.600. The van der Waals surface area contributed by atoms with E-state index in [0.717, 1.165) is 0 Å². The smallest absolute Gasteiger partial charge is 0.317 e. The molecule has 2 amide bonds. The van der Waals surface area contributed by atoms with E-state index < -0.39 is 5.60 Å². The topological polar surface area (TPSA) is 72.8 Å². The molecular weight excluding hydrogens is 172 g/mol. The fourth-order valence-corrected chi connectivity index (χ4v) is 0.600. The maximum Gasteiger partial charge on any atom is 0.317 e. The molecule has 1 unspecified atom stereocenters. The number of hydrogen-bond acceptors (Lipinski definition) is 3. The molecule has 0 aliphatic carbocycles. The molecule has 3 N–H and O–H groups in total. The second kappa shape index (κ2) is 5.04. The number of carbonyl (C=O) groups is 1. The molecule has 0 saturated carbocycles. The molecular formula is C8H18N2O3. The molecule has 5 nitrogen and oxygen atoms in total. The molecule has 13 heavy (non-hydrogen) atoms. The summed E-state index contributed by atoms with van der Waals surface area (Å²) in [6.07, 6.45) is 0. The van der Waals surface area contributed by atoms with Crippen LogP contribution in [0.2, 0.25) is 0 Å². The van der Waals surface area contributed by atoms with Gasteiger partial charge in [-0.15, -0.1) is 0 Å². The van der Waals surface area contributed by atoms with Crippen LogP contribution in [0.25, 0.3) is 0 Å². The first kappa shape index (κ1) is 12.2. The molecule has 0 aliphatic rings. The molecule has 0 aromatic carbocycles. The van der Waals surface area contributed by atoms with Crippen LogP contribution in [0.5, 0.6) is 0 Å². The third-order valence-electron chi connectivity index (χ3n) is 1.78. The maximum absolute atomic E-state index is 11.2. The van der Waals surface area contributed by atoms with Crippen LogP contribution in [-0.4, -0.2) is 53.5 Å². The summed E-state index contributed by atoms with van der Waals surface area (Å²) in [6.45, 7) is 3.59. The standard InChI is InChI=1S/C8H18N2O3/c1-4-10(3)7(12)9-5-8(2,13)6-11/h11,13H,4-6H2,1-3H3,(H,9,12). The van der Waals surface area contributed by atoms with Crippen LogP contribution in [0.15, 0.2) is 0 Å². The predicted octanol–water partition coefficient (Wildman–Crippen LogP) is -0.609. The normalized spacial score (nSPS) is 14.8. The van der Waals surface area contributed by atoms with E-state index in [9.17, 15) is 9.90 Å². The van der Waals surface area contributed by atoms with Crippen molar-refractivity contribution >= 4 is 6.03 Å². The number of aliphatic hydroxyl groups is 2. The van der Waals surface area contributed by atoms with Crippen LogP contribution in [-0.2, 0) is 0 Å². The summed E-state index contributed by atoms with van der Waals surface area (Å²) in [4.78, 5) is 12.6. The predicted molar refractivity (Wildman–Crippen MR) is 49.4 cm³/mol. The molecule has 0 bridgehead atoms. The number of hydrogen-bond donors (Lipinski definition) is 3. The van der Waals surface area contributed by atoms with E-state index >= 15 is 0 Å². The molecule has 78 valence electrons. The minimum absolute atomic E-state index is 0.0483. The van der Waals surface area contributed by atoms with Gasteiger partial charge in [0.15, 0.2) is 0 Å². The molecule has 1 atom stereocenters. The van der Waals surface area contributed by atoms with Crippen LogP contribution in [0.3, 0.4) is 0 Å². The zero-order valence-corrected chi connectivity index (χ0v) is 8.37. The van der Waals surface area contributed by atoms with Crippen molar-refractivity contribution in [2.75, 3.05) is 26.7 Å². The van der Waals surface area contributed by atoms with E-state index in [0.29, 0.717) is 6.54 Å². The number of nitrogens with zero attached hydrogens (tertiary/aromatic N) is 1. The van der Waals surface area contributed by atoms with Gasteiger partial charge in [0, 0.05) is 13.6 Å². The van der Waals surface area contributed by atoms with Crippen molar-refractivity contribution in [1.82, 2.24) is 10.2 Å². The number of nitrogens with one attached hydrogen (secondary N) is 1. The van der Waals surface area contributed by atoms with Crippen molar-refractivity contribution in [3.8, 4) is 0 Å². The minimum Gasteiger partial charge on any atom is -0.393 e. The highest BCUT2D eigenvalue weighted by Crippen LogP contribution is 1.98. The Morgan fingerprint density at radius 1 is 1.62 bits per heavy atom. The Hall–Kier alpha value is -0.810. The molecule has 0 aliphatic heterocycles. The van der Waals surface area contributed by atoms with Crippen molar-refractivity contribution in [3.05, 3.63) is 0 Å². The number of carbonyl (C=O) groups excluding carboxylic acids is 1. The molecule has 0 aromatic heterocycles. The average molecular weight is 190 g/mol. The minimum atomic E-state index is -1.25. The summed E-state index contributed by atoms with van der Waals surface area (Å²) in [7, 11) is 1.66. The second-order valence-corrected chi connectivity index (χ2v) is 3.33. The molecule has 0 heterocycles. The number of aliphatic hydroxyl groups excluding tert-OH is 1. The third kappa shape index (κ3) is 4.69. The van der Waals surface area contributed by atoms with Gasteiger partial charge in [0.2, 0.25) is 0 Å². The van der Waals surface area contributed by atoms with Gasteiger partial charge in [-0.25, -0.2) is 4.79 Å². The van der Waals surface area contributed by atoms with Gasteiger partial charge in [0.1, 0.15) is 5.60 Å². The Balaban J connectivity index is 3.83. The molecule has 0 spiro atoms. The summed E-state index contributed by atoms with van der Waals surface area (Å²) in [5.74, 6) is 0. The lowest BCUT2D eigenvalue weighted by molar-refractivity contribution is 0.00416. The summed E-state index contributed by atoms with van der Waals surface area (Å²) >= 11 is 0. The van der Waals surface area contributed by atoms with Gasteiger partial charge < -0.3 is 20.4 Å². The molecule has 0 radical (unpaired) electrons. The van der Waals surface area contributed by atoms with Gasteiger partial charge in [-0.3, -0.25) is 0 Å². The van der Waals surface area contributed by atoms with Crippen molar-refractivity contribution in [2.45, 2.75) is 19.4 Å².